The van der Waals surface area contributed by atoms with E-state index in [4.69, 9.17) is 33.2 Å². The Bertz CT molecular complexity index is 379. The van der Waals surface area contributed by atoms with Crippen LogP contribution in [0.25, 0.3) is 0 Å². The Morgan fingerprint density at radius 2 is 1.06 bits per heavy atom. The SMILES string of the molecule is CCCCC(CC)C(=O)OCCOCCOCCOCCOCCOCCOC(C)C. The average molecular weight is 451 g/mol. The highest BCUT2D eigenvalue weighted by molar-refractivity contribution is 5.72. The summed E-state index contributed by atoms with van der Waals surface area (Å²) >= 11 is 0. The van der Waals surface area contributed by atoms with E-state index in [1.165, 1.54) is 0 Å². The lowest BCUT2D eigenvalue weighted by molar-refractivity contribution is -0.150. The first-order valence-electron chi connectivity index (χ1n) is 11.8. The number of ether oxygens (including phenoxy) is 7. The van der Waals surface area contributed by atoms with Crippen molar-refractivity contribution in [2.75, 3.05) is 79.3 Å². The highest BCUT2D eigenvalue weighted by Gasteiger charge is 2.16. The van der Waals surface area contributed by atoms with Gasteiger partial charge in [0.15, 0.2) is 0 Å². The molecule has 0 aliphatic heterocycles. The first-order valence-corrected chi connectivity index (χ1v) is 11.8. The van der Waals surface area contributed by atoms with E-state index in [0.29, 0.717) is 79.3 Å². The summed E-state index contributed by atoms with van der Waals surface area (Å²) in [5, 5.41) is 0. The van der Waals surface area contributed by atoms with Gasteiger partial charge < -0.3 is 33.2 Å². The van der Waals surface area contributed by atoms with Gasteiger partial charge in [0.05, 0.1) is 84.7 Å². The van der Waals surface area contributed by atoms with E-state index in [1.54, 1.807) is 0 Å². The van der Waals surface area contributed by atoms with Crippen molar-refractivity contribution in [1.82, 2.24) is 0 Å². The van der Waals surface area contributed by atoms with Crippen LogP contribution in [0.5, 0.6) is 0 Å². The molecule has 0 aliphatic carbocycles. The maximum atomic E-state index is 11.9. The topological polar surface area (TPSA) is 81.7 Å². The van der Waals surface area contributed by atoms with Crippen molar-refractivity contribution in [3.63, 3.8) is 0 Å². The van der Waals surface area contributed by atoms with Crippen LogP contribution in [0.15, 0.2) is 0 Å². The van der Waals surface area contributed by atoms with E-state index in [0.717, 1.165) is 25.7 Å². The molecule has 0 fully saturated rings. The fourth-order valence-electron chi connectivity index (χ4n) is 2.58. The molecule has 0 aliphatic rings. The lowest BCUT2D eigenvalue weighted by Gasteiger charge is -2.13. The molecule has 0 saturated heterocycles. The van der Waals surface area contributed by atoms with Gasteiger partial charge in [0, 0.05) is 0 Å². The molecule has 8 heteroatoms. The molecule has 0 bridgehead atoms. The Balaban J connectivity index is 3.22. The summed E-state index contributed by atoms with van der Waals surface area (Å²) < 4.78 is 37.7. The third-order valence-electron chi connectivity index (χ3n) is 4.37. The summed E-state index contributed by atoms with van der Waals surface area (Å²) in [5.41, 5.74) is 0. The highest BCUT2D eigenvalue weighted by Crippen LogP contribution is 2.14. The lowest BCUT2D eigenvalue weighted by Crippen LogP contribution is -2.20. The minimum atomic E-state index is -0.110. The number of unbranched alkanes of at least 4 members (excludes halogenated alkanes) is 1. The molecule has 8 nitrogen and oxygen atoms in total. The fraction of sp³-hybridized carbons (Fsp3) is 0.957. The maximum absolute atomic E-state index is 11.9. The predicted molar refractivity (Wildman–Crippen MR) is 119 cm³/mol. The van der Waals surface area contributed by atoms with E-state index in [1.807, 2.05) is 20.8 Å². The van der Waals surface area contributed by atoms with Crippen molar-refractivity contribution in [3.05, 3.63) is 0 Å². The third kappa shape index (κ3) is 22.2. The van der Waals surface area contributed by atoms with Crippen molar-refractivity contribution in [1.29, 1.82) is 0 Å². The van der Waals surface area contributed by atoms with E-state index in [9.17, 15) is 4.79 Å². The van der Waals surface area contributed by atoms with Crippen LogP contribution in [0.4, 0.5) is 0 Å². The molecule has 1 unspecified atom stereocenters. The summed E-state index contributed by atoms with van der Waals surface area (Å²) in [5.74, 6) is -0.0997. The highest BCUT2D eigenvalue weighted by atomic mass is 16.6. The maximum Gasteiger partial charge on any atom is 0.308 e. The van der Waals surface area contributed by atoms with Gasteiger partial charge in [-0.2, -0.15) is 0 Å². The van der Waals surface area contributed by atoms with E-state index in [2.05, 4.69) is 6.92 Å². The Morgan fingerprint density at radius 3 is 1.45 bits per heavy atom. The van der Waals surface area contributed by atoms with Gasteiger partial charge in [0.2, 0.25) is 0 Å². The van der Waals surface area contributed by atoms with Crippen LogP contribution in [-0.4, -0.2) is 91.4 Å². The van der Waals surface area contributed by atoms with Crippen LogP contribution in [0.3, 0.4) is 0 Å². The second kappa shape index (κ2) is 23.9. The Morgan fingerprint density at radius 1 is 0.645 bits per heavy atom. The summed E-state index contributed by atoms with van der Waals surface area (Å²) in [6, 6.07) is 0. The first-order chi connectivity index (χ1) is 15.1. The number of rotatable bonds is 24. The van der Waals surface area contributed by atoms with Gasteiger partial charge in [0.1, 0.15) is 6.61 Å². The first kappa shape index (κ1) is 30.2. The lowest BCUT2D eigenvalue weighted by atomic mass is 10.00. The van der Waals surface area contributed by atoms with Crippen LogP contribution in [0, 0.1) is 5.92 Å². The second-order valence-corrected chi connectivity index (χ2v) is 7.40. The molecule has 0 N–H and O–H groups in total. The third-order valence-corrected chi connectivity index (χ3v) is 4.37. The van der Waals surface area contributed by atoms with Crippen molar-refractivity contribution < 1.29 is 38.0 Å². The van der Waals surface area contributed by atoms with E-state index < -0.39 is 0 Å². The van der Waals surface area contributed by atoms with Gasteiger partial charge in [-0.1, -0.05) is 26.7 Å². The van der Waals surface area contributed by atoms with Crippen LogP contribution in [-0.2, 0) is 38.0 Å². The smallest absolute Gasteiger partial charge is 0.308 e. The van der Waals surface area contributed by atoms with Crippen molar-refractivity contribution in [3.8, 4) is 0 Å². The van der Waals surface area contributed by atoms with Gasteiger partial charge in [-0.05, 0) is 26.7 Å². The molecular formula is C23H46O8. The molecule has 0 saturated carbocycles. The number of carbonyl (C=O) groups excluding carboxylic acids is 1. The zero-order chi connectivity index (χ0) is 23.0. The molecule has 0 aromatic rings. The van der Waals surface area contributed by atoms with Crippen molar-refractivity contribution >= 4 is 5.97 Å². The van der Waals surface area contributed by atoms with Crippen LogP contribution >= 0.6 is 0 Å². The Kier molecular flexibility index (Phi) is 23.3. The van der Waals surface area contributed by atoms with Crippen molar-refractivity contribution in [2.24, 2.45) is 5.92 Å². The summed E-state index contributed by atoms with van der Waals surface area (Å²) in [7, 11) is 0. The van der Waals surface area contributed by atoms with Crippen molar-refractivity contribution in [2.45, 2.75) is 59.5 Å². The zero-order valence-electron chi connectivity index (χ0n) is 20.2. The molecule has 0 radical (unpaired) electrons. The van der Waals surface area contributed by atoms with Gasteiger partial charge in [-0.25, -0.2) is 0 Å². The molecule has 0 spiro atoms. The summed E-state index contributed by atoms with van der Waals surface area (Å²) in [6.07, 6.45) is 4.11. The second-order valence-electron chi connectivity index (χ2n) is 7.40. The number of hydrogen-bond donors (Lipinski definition) is 0. The molecule has 0 aromatic carbocycles. The average Bonchev–Trinajstić information content (AvgIpc) is 2.75. The minimum Gasteiger partial charge on any atom is -0.463 e. The number of hydrogen-bond acceptors (Lipinski definition) is 8. The molecule has 0 aromatic heterocycles. The Labute approximate surface area is 189 Å². The number of esters is 1. The summed E-state index contributed by atoms with van der Waals surface area (Å²) in [4.78, 5) is 11.9. The fourth-order valence-corrected chi connectivity index (χ4v) is 2.58. The molecule has 186 valence electrons. The van der Waals surface area contributed by atoms with Crippen LogP contribution < -0.4 is 0 Å². The molecule has 0 rings (SSSR count). The predicted octanol–water partition coefficient (Wildman–Crippen LogP) is 3.25. The van der Waals surface area contributed by atoms with Gasteiger partial charge in [-0.3, -0.25) is 4.79 Å². The van der Waals surface area contributed by atoms with Crippen LogP contribution in [0.1, 0.15) is 53.4 Å². The van der Waals surface area contributed by atoms with Gasteiger partial charge >= 0.3 is 5.97 Å². The zero-order valence-corrected chi connectivity index (χ0v) is 20.2. The molecule has 1 atom stereocenters. The molecule has 31 heavy (non-hydrogen) atoms. The number of carbonyl (C=O) groups is 1. The minimum absolute atomic E-state index is 0.0108. The Hall–Kier alpha value is -0.770. The van der Waals surface area contributed by atoms with E-state index >= 15 is 0 Å². The van der Waals surface area contributed by atoms with Crippen LogP contribution in [0.2, 0.25) is 0 Å². The van der Waals surface area contributed by atoms with E-state index in [-0.39, 0.29) is 18.0 Å². The standard InChI is InChI=1S/C23H46O8/c1-5-7-8-22(6-2)23(24)31-20-18-29-16-14-27-12-10-25-9-11-26-13-15-28-17-19-30-21(3)4/h21-22H,5-20H2,1-4H3. The molecule has 0 heterocycles. The normalized spacial score (nSPS) is 12.4. The largest absolute Gasteiger partial charge is 0.463 e. The van der Waals surface area contributed by atoms with Gasteiger partial charge in [-0.15, -0.1) is 0 Å². The summed E-state index contributed by atoms with van der Waals surface area (Å²) in [6.45, 7) is 14.2. The molecule has 0 amide bonds. The molecular weight excluding hydrogens is 404 g/mol. The van der Waals surface area contributed by atoms with Gasteiger partial charge in [0.25, 0.3) is 0 Å². The quantitative estimate of drug-likeness (QED) is 0.164. The monoisotopic (exact) mass is 450 g/mol.